The van der Waals surface area contributed by atoms with E-state index in [-0.39, 0.29) is 5.41 Å². The van der Waals surface area contributed by atoms with Crippen molar-refractivity contribution in [2.24, 2.45) is 11.7 Å². The molecule has 0 heterocycles. The number of allylic oxidation sites excluding steroid dienone is 3. The van der Waals surface area contributed by atoms with E-state index in [1.165, 1.54) is 16.7 Å². The molecule has 17 heavy (non-hydrogen) atoms. The highest BCUT2D eigenvalue weighted by molar-refractivity contribution is 5.78. The Bertz CT molecular complexity index is 520. The van der Waals surface area contributed by atoms with E-state index in [1.54, 1.807) is 0 Å². The minimum atomic E-state index is 0.226. The van der Waals surface area contributed by atoms with E-state index in [2.05, 4.69) is 50.3 Å². The molecule has 0 bridgehead atoms. The fraction of sp³-hybridized carbons (Fsp3) is 0.375. The topological polar surface area (TPSA) is 26.0 Å². The molecule has 1 heteroatoms. The number of nitrogens with two attached hydrogens (primary N) is 1. The molecule has 0 saturated carbocycles. The zero-order valence-corrected chi connectivity index (χ0v) is 10.5. The molecule has 0 saturated heterocycles. The van der Waals surface area contributed by atoms with Crippen molar-refractivity contribution in [3.05, 3.63) is 53.2 Å². The van der Waals surface area contributed by atoms with Gasteiger partial charge in [-0.3, -0.25) is 0 Å². The normalized spacial score (nSPS) is 25.4. The van der Waals surface area contributed by atoms with Crippen molar-refractivity contribution in [2.45, 2.75) is 32.1 Å². The number of hydrogen-bond donors (Lipinski definition) is 1. The molecule has 3 rings (SSSR count). The van der Waals surface area contributed by atoms with Gasteiger partial charge in [-0.2, -0.15) is 0 Å². The van der Waals surface area contributed by atoms with Gasteiger partial charge in [0.15, 0.2) is 0 Å². The van der Waals surface area contributed by atoms with Gasteiger partial charge in [-0.25, -0.2) is 0 Å². The summed E-state index contributed by atoms with van der Waals surface area (Å²) in [5, 5.41) is 0. The second-order valence-electron chi connectivity index (χ2n) is 5.70. The van der Waals surface area contributed by atoms with Gasteiger partial charge in [-0.05, 0) is 34.5 Å². The molecular weight excluding hydrogens is 206 g/mol. The Labute approximate surface area is 103 Å². The highest BCUT2D eigenvalue weighted by atomic mass is 14.6. The minimum absolute atomic E-state index is 0.226. The van der Waals surface area contributed by atoms with Crippen LogP contribution in [0.4, 0.5) is 0 Å². The summed E-state index contributed by atoms with van der Waals surface area (Å²) in [6.07, 6.45) is 6.51. The fourth-order valence-corrected chi connectivity index (χ4v) is 3.32. The quantitative estimate of drug-likeness (QED) is 0.717. The third-order valence-electron chi connectivity index (χ3n) is 4.35. The molecule has 2 N–H and O–H groups in total. The summed E-state index contributed by atoms with van der Waals surface area (Å²) in [5.41, 5.74) is 11.6. The van der Waals surface area contributed by atoms with Gasteiger partial charge in [0.25, 0.3) is 0 Å². The first-order valence-electron chi connectivity index (χ1n) is 6.35. The summed E-state index contributed by atoms with van der Waals surface area (Å²) in [7, 11) is 0. The number of fused-ring (bicyclic) bond motifs is 3. The van der Waals surface area contributed by atoms with E-state index in [0.29, 0.717) is 5.92 Å². The summed E-state index contributed by atoms with van der Waals surface area (Å²) >= 11 is 0. The van der Waals surface area contributed by atoms with Crippen molar-refractivity contribution in [3.63, 3.8) is 0 Å². The lowest BCUT2D eigenvalue weighted by molar-refractivity contribution is 0.416. The smallest absolute Gasteiger partial charge is 0.00787 e. The molecule has 1 aromatic rings. The highest BCUT2D eigenvalue weighted by Crippen LogP contribution is 2.52. The molecule has 0 aromatic heterocycles. The van der Waals surface area contributed by atoms with Crippen LogP contribution in [0.15, 0.2) is 42.1 Å². The molecule has 88 valence electrons. The summed E-state index contributed by atoms with van der Waals surface area (Å²) in [5.74, 6) is 0.584. The predicted octanol–water partition coefficient (Wildman–Crippen LogP) is 3.61. The number of benzene rings is 1. The van der Waals surface area contributed by atoms with Gasteiger partial charge < -0.3 is 5.73 Å². The van der Waals surface area contributed by atoms with Gasteiger partial charge in [-0.1, -0.05) is 50.3 Å². The molecule has 1 unspecified atom stereocenters. The molecule has 0 radical (unpaired) electrons. The predicted molar refractivity (Wildman–Crippen MR) is 72.4 cm³/mol. The van der Waals surface area contributed by atoms with Crippen LogP contribution in [0.25, 0.3) is 5.57 Å². The van der Waals surface area contributed by atoms with Crippen molar-refractivity contribution in [2.75, 3.05) is 0 Å². The Hall–Kier alpha value is -1.50. The van der Waals surface area contributed by atoms with Crippen molar-refractivity contribution in [3.8, 4) is 0 Å². The monoisotopic (exact) mass is 225 g/mol. The Balaban J connectivity index is 2.18. The van der Waals surface area contributed by atoms with Crippen molar-refractivity contribution in [1.82, 2.24) is 0 Å². The summed E-state index contributed by atoms with van der Waals surface area (Å²) < 4.78 is 0. The summed E-state index contributed by atoms with van der Waals surface area (Å²) in [6.45, 7) is 4.71. The van der Waals surface area contributed by atoms with E-state index >= 15 is 0 Å². The lowest BCUT2D eigenvalue weighted by Crippen LogP contribution is -2.23. The Morgan fingerprint density at radius 3 is 2.76 bits per heavy atom. The van der Waals surface area contributed by atoms with Gasteiger partial charge in [0.05, 0.1) is 0 Å². The SMILES string of the molecule is CC1(C)c2ccccc2C2=CCC(N)=CCC21. The van der Waals surface area contributed by atoms with E-state index in [1.807, 2.05) is 0 Å². The van der Waals surface area contributed by atoms with Gasteiger partial charge in [0.1, 0.15) is 0 Å². The molecule has 0 aliphatic heterocycles. The van der Waals surface area contributed by atoms with Crippen LogP contribution in [0.5, 0.6) is 0 Å². The standard InChI is InChI=1S/C16H19N/c1-16(2)14-6-4-3-5-12(14)13-9-7-11(17)8-10-15(13)16/h3-6,8-9,15H,7,10,17H2,1-2H3. The average Bonchev–Trinajstić information content (AvgIpc) is 2.45. The van der Waals surface area contributed by atoms with E-state index in [9.17, 15) is 0 Å². The lowest BCUT2D eigenvalue weighted by Gasteiger charge is -2.27. The van der Waals surface area contributed by atoms with Crippen LogP contribution < -0.4 is 5.73 Å². The summed E-state index contributed by atoms with van der Waals surface area (Å²) in [6, 6.07) is 8.82. The first-order valence-corrected chi connectivity index (χ1v) is 6.35. The zero-order valence-electron chi connectivity index (χ0n) is 10.5. The van der Waals surface area contributed by atoms with Crippen LogP contribution in [0, 0.1) is 5.92 Å². The maximum absolute atomic E-state index is 5.96. The number of hydrogen-bond acceptors (Lipinski definition) is 1. The van der Waals surface area contributed by atoms with Crippen molar-refractivity contribution >= 4 is 5.57 Å². The largest absolute Gasteiger partial charge is 0.402 e. The van der Waals surface area contributed by atoms with Crippen LogP contribution in [-0.2, 0) is 5.41 Å². The Morgan fingerprint density at radius 1 is 1.18 bits per heavy atom. The average molecular weight is 225 g/mol. The van der Waals surface area contributed by atoms with Crippen LogP contribution in [0.2, 0.25) is 0 Å². The minimum Gasteiger partial charge on any atom is -0.402 e. The van der Waals surface area contributed by atoms with E-state index in [4.69, 9.17) is 5.73 Å². The van der Waals surface area contributed by atoms with Gasteiger partial charge in [0.2, 0.25) is 0 Å². The molecule has 0 fully saturated rings. The van der Waals surface area contributed by atoms with Crippen LogP contribution in [0.1, 0.15) is 37.8 Å². The third kappa shape index (κ3) is 1.45. The van der Waals surface area contributed by atoms with E-state index in [0.717, 1.165) is 18.5 Å². The molecule has 0 amide bonds. The highest BCUT2D eigenvalue weighted by Gasteiger charge is 2.42. The van der Waals surface area contributed by atoms with Crippen molar-refractivity contribution in [1.29, 1.82) is 0 Å². The maximum atomic E-state index is 5.96. The van der Waals surface area contributed by atoms with Gasteiger partial charge >= 0.3 is 0 Å². The van der Waals surface area contributed by atoms with Crippen LogP contribution in [-0.4, -0.2) is 0 Å². The fourth-order valence-electron chi connectivity index (χ4n) is 3.32. The van der Waals surface area contributed by atoms with Gasteiger partial charge in [0, 0.05) is 12.1 Å². The van der Waals surface area contributed by atoms with Crippen LogP contribution >= 0.6 is 0 Å². The second-order valence-corrected chi connectivity index (χ2v) is 5.70. The molecule has 1 atom stereocenters. The van der Waals surface area contributed by atoms with E-state index < -0.39 is 0 Å². The molecule has 1 nitrogen and oxygen atoms in total. The Kier molecular flexibility index (Phi) is 2.19. The summed E-state index contributed by atoms with van der Waals surface area (Å²) in [4.78, 5) is 0. The number of rotatable bonds is 0. The maximum Gasteiger partial charge on any atom is 0.00787 e. The molecular formula is C16H19N. The molecule has 0 spiro atoms. The van der Waals surface area contributed by atoms with Crippen LogP contribution in [0.3, 0.4) is 0 Å². The van der Waals surface area contributed by atoms with Crippen molar-refractivity contribution < 1.29 is 0 Å². The molecule has 2 aliphatic rings. The lowest BCUT2D eigenvalue weighted by atomic mass is 9.76. The first-order chi connectivity index (χ1) is 8.10. The third-order valence-corrected chi connectivity index (χ3v) is 4.35. The Morgan fingerprint density at radius 2 is 1.94 bits per heavy atom. The second kappa shape index (κ2) is 3.49. The van der Waals surface area contributed by atoms with Gasteiger partial charge in [-0.15, -0.1) is 0 Å². The molecule has 1 aromatic carbocycles. The first kappa shape index (κ1) is 10.6. The zero-order chi connectivity index (χ0) is 12.0. The molecule has 2 aliphatic carbocycles.